The molecule has 3 aromatic rings. The van der Waals surface area contributed by atoms with Crippen molar-refractivity contribution in [1.29, 1.82) is 0 Å². The third-order valence-corrected chi connectivity index (χ3v) is 5.47. The molecule has 4 rings (SSSR count). The fraction of sp³-hybridized carbons (Fsp3) is 0.304. The van der Waals surface area contributed by atoms with Gasteiger partial charge in [-0.1, -0.05) is 48.5 Å². The Morgan fingerprint density at radius 2 is 1.97 bits per heavy atom. The first-order valence-electron chi connectivity index (χ1n) is 10.4. The van der Waals surface area contributed by atoms with Gasteiger partial charge in [0.05, 0.1) is 19.2 Å². The van der Waals surface area contributed by atoms with Gasteiger partial charge in [0, 0.05) is 11.8 Å². The van der Waals surface area contributed by atoms with Gasteiger partial charge in [-0.2, -0.15) is 18.3 Å². The van der Waals surface area contributed by atoms with Crippen molar-refractivity contribution in [3.8, 4) is 0 Å². The zero-order chi connectivity index (χ0) is 23.4. The van der Waals surface area contributed by atoms with E-state index in [0.717, 1.165) is 35.1 Å². The third-order valence-electron chi connectivity index (χ3n) is 5.47. The summed E-state index contributed by atoms with van der Waals surface area (Å²) >= 11 is 0. The van der Waals surface area contributed by atoms with Crippen LogP contribution in [0.2, 0.25) is 0 Å². The van der Waals surface area contributed by atoms with E-state index in [1.165, 1.54) is 10.9 Å². The highest BCUT2D eigenvalue weighted by molar-refractivity contribution is 5.66. The van der Waals surface area contributed by atoms with Crippen LogP contribution in [-0.4, -0.2) is 21.0 Å². The van der Waals surface area contributed by atoms with E-state index in [0.29, 0.717) is 0 Å². The minimum absolute atomic E-state index is 0.0964. The van der Waals surface area contributed by atoms with Crippen LogP contribution in [0.4, 0.5) is 18.0 Å². The summed E-state index contributed by atoms with van der Waals surface area (Å²) in [5, 5.41) is 12.8. The van der Waals surface area contributed by atoms with Gasteiger partial charge in [0.15, 0.2) is 5.69 Å². The number of nitrogens with one attached hydrogen (secondary N) is 2. The van der Waals surface area contributed by atoms with Crippen LogP contribution in [0.15, 0.2) is 54.7 Å². The van der Waals surface area contributed by atoms with Crippen molar-refractivity contribution in [2.45, 2.75) is 44.8 Å². The largest absolute Gasteiger partial charge is 0.444 e. The molecule has 0 spiro atoms. The fourth-order valence-corrected chi connectivity index (χ4v) is 3.91. The first-order chi connectivity index (χ1) is 15.8. The highest BCUT2D eigenvalue weighted by Gasteiger charge is 2.37. The van der Waals surface area contributed by atoms with E-state index < -0.39 is 24.6 Å². The molecule has 0 fully saturated rings. The zero-order valence-corrected chi connectivity index (χ0v) is 17.6. The molecule has 7 nitrogen and oxygen atoms in total. The summed E-state index contributed by atoms with van der Waals surface area (Å²) < 4.78 is 45.5. The lowest BCUT2D eigenvalue weighted by Gasteiger charge is -2.15. The highest BCUT2D eigenvalue weighted by atomic mass is 19.4. The number of halogens is 3. The van der Waals surface area contributed by atoms with Crippen molar-refractivity contribution in [1.82, 2.24) is 20.6 Å². The molecule has 0 radical (unpaired) electrons. The van der Waals surface area contributed by atoms with Crippen LogP contribution >= 0.6 is 0 Å². The van der Waals surface area contributed by atoms with E-state index in [9.17, 15) is 23.1 Å². The Hall–Kier alpha value is -3.37. The van der Waals surface area contributed by atoms with Gasteiger partial charge in [-0.3, -0.25) is 10.1 Å². The molecule has 174 valence electrons. The number of aryl methyl sites for hydroxylation is 1. The van der Waals surface area contributed by atoms with Crippen LogP contribution in [0.3, 0.4) is 0 Å². The molecular weight excluding hydrogens is 437 g/mol. The first kappa shape index (κ1) is 22.8. The number of ether oxygens (including phenoxy) is 1. The number of hydrogen-bond donors (Lipinski definition) is 3. The topological polar surface area (TPSA) is 88.4 Å². The number of rotatable bonds is 7. The smallest absolute Gasteiger partial charge is 0.435 e. The Morgan fingerprint density at radius 1 is 1.18 bits per heavy atom. The Kier molecular flexibility index (Phi) is 6.66. The number of nitrogens with zero attached hydrogens (tertiary/aromatic N) is 2. The van der Waals surface area contributed by atoms with E-state index in [1.807, 2.05) is 48.5 Å². The van der Waals surface area contributed by atoms with Gasteiger partial charge in [-0.25, -0.2) is 10.2 Å². The minimum Gasteiger partial charge on any atom is -0.444 e. The first-order valence-corrected chi connectivity index (χ1v) is 10.4. The van der Waals surface area contributed by atoms with Crippen LogP contribution in [0.5, 0.6) is 0 Å². The molecule has 33 heavy (non-hydrogen) atoms. The molecule has 3 N–H and O–H groups in total. The number of aliphatic hydroxyl groups is 1. The molecule has 1 heterocycles. The maximum absolute atomic E-state index is 13.0. The maximum atomic E-state index is 13.0. The SMILES string of the molecule is O=C(NNC1CCc2cc(Cn3cc(CO)c(C(F)(F)F)n3)ccc21)OCc1ccccc1. The Morgan fingerprint density at radius 3 is 2.67 bits per heavy atom. The standard InChI is InChI=1S/C23H23F3N4O3/c24-23(25,26)21-18(13-31)12-30(29-21)11-16-6-8-19-17(10-16)7-9-20(19)27-28-22(32)33-14-15-4-2-1-3-5-15/h1-6,8,10,12,20,27,31H,7,9,11,13-14H2,(H,28,32). The summed E-state index contributed by atoms with van der Waals surface area (Å²) in [6.45, 7) is -0.411. The van der Waals surface area contributed by atoms with Crippen molar-refractivity contribution in [2.75, 3.05) is 0 Å². The highest BCUT2D eigenvalue weighted by Crippen LogP contribution is 2.33. The van der Waals surface area contributed by atoms with Crippen molar-refractivity contribution < 1.29 is 27.8 Å². The average molecular weight is 460 g/mol. The molecule has 1 unspecified atom stereocenters. The lowest BCUT2D eigenvalue weighted by Crippen LogP contribution is -2.39. The molecule has 1 aromatic heterocycles. The molecule has 1 aliphatic rings. The van der Waals surface area contributed by atoms with Gasteiger partial charge in [0.1, 0.15) is 6.61 Å². The lowest BCUT2D eigenvalue weighted by molar-refractivity contribution is -0.142. The van der Waals surface area contributed by atoms with Crippen molar-refractivity contribution in [3.63, 3.8) is 0 Å². The van der Waals surface area contributed by atoms with E-state index in [4.69, 9.17) is 4.74 Å². The summed E-state index contributed by atoms with van der Waals surface area (Å²) in [4.78, 5) is 12.0. The molecule has 2 aromatic carbocycles. The van der Waals surface area contributed by atoms with Gasteiger partial charge >= 0.3 is 12.3 Å². The predicted molar refractivity (Wildman–Crippen MR) is 113 cm³/mol. The Labute approximate surface area is 188 Å². The van der Waals surface area contributed by atoms with Crippen LogP contribution in [0, 0.1) is 0 Å². The van der Waals surface area contributed by atoms with E-state index >= 15 is 0 Å². The molecule has 1 amide bonds. The summed E-state index contributed by atoms with van der Waals surface area (Å²) in [6.07, 6.45) is -2.47. The quantitative estimate of drug-likeness (QED) is 0.466. The zero-order valence-electron chi connectivity index (χ0n) is 17.6. The summed E-state index contributed by atoms with van der Waals surface area (Å²) in [5.74, 6) is 0. The summed E-state index contributed by atoms with van der Waals surface area (Å²) in [5.41, 5.74) is 7.97. The van der Waals surface area contributed by atoms with Crippen molar-refractivity contribution >= 4 is 6.09 Å². The molecule has 1 aliphatic carbocycles. The Balaban J connectivity index is 1.34. The number of benzene rings is 2. The van der Waals surface area contributed by atoms with Crippen LogP contribution in [-0.2, 0) is 37.1 Å². The monoisotopic (exact) mass is 460 g/mol. The van der Waals surface area contributed by atoms with Gasteiger partial charge in [-0.05, 0) is 35.1 Å². The number of fused-ring (bicyclic) bond motifs is 1. The van der Waals surface area contributed by atoms with Crippen LogP contribution < -0.4 is 10.9 Å². The molecular formula is C23H23F3N4O3. The van der Waals surface area contributed by atoms with Crippen molar-refractivity contribution in [2.24, 2.45) is 0 Å². The second kappa shape index (κ2) is 9.63. The number of carbonyl (C=O) groups is 1. The second-order valence-electron chi connectivity index (χ2n) is 7.81. The number of hydrazine groups is 1. The number of hydrogen-bond acceptors (Lipinski definition) is 5. The molecule has 0 aliphatic heterocycles. The van der Waals surface area contributed by atoms with Crippen LogP contribution in [0.25, 0.3) is 0 Å². The van der Waals surface area contributed by atoms with Gasteiger partial charge in [0.2, 0.25) is 0 Å². The summed E-state index contributed by atoms with van der Waals surface area (Å²) in [6, 6.07) is 14.9. The Bertz CT molecular complexity index is 1120. The number of aromatic nitrogens is 2. The van der Waals surface area contributed by atoms with E-state index in [-0.39, 0.29) is 24.8 Å². The number of alkyl halides is 3. The van der Waals surface area contributed by atoms with Crippen molar-refractivity contribution in [3.05, 3.63) is 88.2 Å². The number of aliphatic hydroxyl groups excluding tert-OH is 1. The lowest BCUT2D eigenvalue weighted by atomic mass is 10.0. The maximum Gasteiger partial charge on any atom is 0.435 e. The third kappa shape index (κ3) is 5.52. The molecule has 0 saturated carbocycles. The molecule has 1 atom stereocenters. The number of amides is 1. The normalized spacial score (nSPS) is 15.3. The van der Waals surface area contributed by atoms with E-state index in [2.05, 4.69) is 16.0 Å². The molecule has 0 saturated heterocycles. The molecule has 10 heteroatoms. The average Bonchev–Trinajstić information content (AvgIpc) is 3.40. The number of carbonyl (C=O) groups excluding carboxylic acids is 1. The minimum atomic E-state index is -4.62. The van der Waals surface area contributed by atoms with Gasteiger partial charge in [-0.15, -0.1) is 0 Å². The van der Waals surface area contributed by atoms with Crippen LogP contribution in [0.1, 0.15) is 46.0 Å². The van der Waals surface area contributed by atoms with E-state index in [1.54, 1.807) is 0 Å². The van der Waals surface area contributed by atoms with Gasteiger partial charge in [0.25, 0.3) is 0 Å². The fourth-order valence-electron chi connectivity index (χ4n) is 3.91. The van der Waals surface area contributed by atoms with Gasteiger partial charge < -0.3 is 9.84 Å². The summed E-state index contributed by atoms with van der Waals surface area (Å²) in [7, 11) is 0. The second-order valence-corrected chi connectivity index (χ2v) is 7.81. The predicted octanol–water partition coefficient (Wildman–Crippen LogP) is 3.86. The molecule has 0 bridgehead atoms.